The Kier molecular flexibility index (Phi) is 3.02. The lowest BCUT2D eigenvalue weighted by Gasteiger charge is -2.06. The first-order chi connectivity index (χ1) is 4.84. The smallest absolute Gasteiger partial charge is 0.324 e. The molecule has 1 unspecified atom stereocenters. The van der Waals surface area contributed by atoms with Gasteiger partial charge in [-0.2, -0.15) is 0 Å². The maximum absolute atomic E-state index is 10.9. The number of nitrogens with one attached hydrogen (secondary N) is 1. The molecular formula is C6H10NO2S. The molecule has 0 aromatic rings. The van der Waals surface area contributed by atoms with Gasteiger partial charge in [0.15, 0.2) is 0 Å². The first-order valence-corrected chi connectivity index (χ1v) is 4.25. The third-order valence-electron chi connectivity index (χ3n) is 1.19. The molecule has 1 radical (unpaired) electrons. The molecule has 0 aliphatic carbocycles. The van der Waals surface area contributed by atoms with E-state index in [1.807, 2.05) is 12.8 Å². The van der Waals surface area contributed by atoms with Gasteiger partial charge in [-0.15, -0.1) is 11.8 Å². The van der Waals surface area contributed by atoms with E-state index in [-0.39, 0.29) is 12.0 Å². The normalized spacial score (nSPS) is 24.7. The topological polar surface area (TPSA) is 38.3 Å². The monoisotopic (exact) mass is 160 g/mol. The van der Waals surface area contributed by atoms with Gasteiger partial charge in [-0.1, -0.05) is 0 Å². The van der Waals surface area contributed by atoms with Gasteiger partial charge in [0.05, 0.1) is 12.5 Å². The molecule has 1 saturated heterocycles. The molecule has 3 nitrogen and oxygen atoms in total. The van der Waals surface area contributed by atoms with Crippen LogP contribution >= 0.6 is 11.8 Å². The zero-order valence-electron chi connectivity index (χ0n) is 5.79. The highest BCUT2D eigenvalue weighted by Crippen LogP contribution is 2.14. The Bertz CT molecular complexity index is 123. The highest BCUT2D eigenvalue weighted by Gasteiger charge is 2.23. The molecule has 0 spiro atoms. The number of esters is 1. The van der Waals surface area contributed by atoms with Crippen molar-refractivity contribution in [1.29, 1.82) is 0 Å². The molecule has 10 heavy (non-hydrogen) atoms. The number of rotatable bonds is 2. The van der Waals surface area contributed by atoms with E-state index in [0.717, 1.165) is 5.75 Å². The molecule has 1 aliphatic heterocycles. The van der Waals surface area contributed by atoms with Gasteiger partial charge in [0, 0.05) is 5.75 Å². The zero-order chi connectivity index (χ0) is 7.40. The fourth-order valence-electron chi connectivity index (χ4n) is 0.702. The first kappa shape index (κ1) is 7.88. The van der Waals surface area contributed by atoms with Crippen molar-refractivity contribution in [2.75, 3.05) is 12.4 Å². The van der Waals surface area contributed by atoms with E-state index in [1.54, 1.807) is 11.8 Å². The minimum atomic E-state index is -0.149. The fourth-order valence-corrected chi connectivity index (χ4v) is 1.48. The standard InChI is InChI=1S/C6H10NO2S/c1-2-9-6(8)5-3-10-4-7-5/h4-5,7H,2-3H2,1H3. The Morgan fingerprint density at radius 3 is 3.30 bits per heavy atom. The fraction of sp³-hybridized carbons (Fsp3) is 0.667. The van der Waals surface area contributed by atoms with Gasteiger partial charge in [0.1, 0.15) is 6.04 Å². The summed E-state index contributed by atoms with van der Waals surface area (Å²) in [7, 11) is 0. The summed E-state index contributed by atoms with van der Waals surface area (Å²) in [4.78, 5) is 10.9. The second-order valence-corrected chi connectivity index (χ2v) is 2.82. The molecule has 0 saturated carbocycles. The van der Waals surface area contributed by atoms with Crippen molar-refractivity contribution in [2.45, 2.75) is 13.0 Å². The number of carbonyl (C=O) groups is 1. The lowest BCUT2D eigenvalue weighted by atomic mass is 10.3. The van der Waals surface area contributed by atoms with E-state index >= 15 is 0 Å². The maximum Gasteiger partial charge on any atom is 0.324 e. The van der Waals surface area contributed by atoms with E-state index in [0.29, 0.717) is 6.61 Å². The molecule has 0 aromatic carbocycles. The number of ether oxygens (including phenoxy) is 1. The molecule has 1 aliphatic rings. The molecule has 1 rings (SSSR count). The van der Waals surface area contributed by atoms with Crippen LogP contribution in [0.15, 0.2) is 0 Å². The minimum absolute atomic E-state index is 0.120. The molecular weight excluding hydrogens is 150 g/mol. The third-order valence-corrected chi connectivity index (χ3v) is 2.02. The van der Waals surface area contributed by atoms with Crippen LogP contribution in [0.2, 0.25) is 0 Å². The lowest BCUT2D eigenvalue weighted by Crippen LogP contribution is -2.33. The number of hydrogen-bond donors (Lipinski definition) is 1. The van der Waals surface area contributed by atoms with Crippen LogP contribution in [0.5, 0.6) is 0 Å². The summed E-state index contributed by atoms with van der Waals surface area (Å²) in [5.74, 6) is 2.46. The van der Waals surface area contributed by atoms with E-state index in [9.17, 15) is 4.79 Å². The summed E-state index contributed by atoms with van der Waals surface area (Å²) in [5, 5.41) is 2.90. The van der Waals surface area contributed by atoms with Crippen LogP contribution in [0.3, 0.4) is 0 Å². The molecule has 0 amide bonds. The summed E-state index contributed by atoms with van der Waals surface area (Å²) in [6.45, 7) is 2.27. The van der Waals surface area contributed by atoms with Gasteiger partial charge in [-0.05, 0) is 6.92 Å². The van der Waals surface area contributed by atoms with E-state index in [1.165, 1.54) is 0 Å². The van der Waals surface area contributed by atoms with Crippen LogP contribution in [0.1, 0.15) is 6.92 Å². The molecule has 1 heterocycles. The molecule has 1 fully saturated rings. The van der Waals surface area contributed by atoms with Crippen molar-refractivity contribution in [3.63, 3.8) is 0 Å². The van der Waals surface area contributed by atoms with Gasteiger partial charge in [0.25, 0.3) is 0 Å². The van der Waals surface area contributed by atoms with Crippen molar-refractivity contribution in [1.82, 2.24) is 5.32 Å². The van der Waals surface area contributed by atoms with Crippen LogP contribution in [0, 0.1) is 5.88 Å². The van der Waals surface area contributed by atoms with E-state index < -0.39 is 0 Å². The van der Waals surface area contributed by atoms with E-state index in [2.05, 4.69) is 5.32 Å². The summed E-state index contributed by atoms with van der Waals surface area (Å²) in [6.07, 6.45) is 0. The van der Waals surface area contributed by atoms with Crippen molar-refractivity contribution >= 4 is 17.7 Å². The molecule has 0 aromatic heterocycles. The van der Waals surface area contributed by atoms with Crippen LogP contribution in [0.25, 0.3) is 0 Å². The molecule has 57 valence electrons. The van der Waals surface area contributed by atoms with Crippen molar-refractivity contribution in [3.8, 4) is 0 Å². The average Bonchev–Trinajstić information content (AvgIpc) is 2.38. The molecule has 1 N–H and O–H groups in total. The third kappa shape index (κ3) is 1.88. The summed E-state index contributed by atoms with van der Waals surface area (Å²) >= 11 is 1.60. The van der Waals surface area contributed by atoms with Gasteiger partial charge in [-0.3, -0.25) is 10.1 Å². The number of carbonyl (C=O) groups excluding carboxylic acids is 1. The highest BCUT2D eigenvalue weighted by molar-refractivity contribution is 8.01. The number of hydrogen-bond acceptors (Lipinski definition) is 4. The Morgan fingerprint density at radius 2 is 2.80 bits per heavy atom. The Morgan fingerprint density at radius 1 is 2.00 bits per heavy atom. The van der Waals surface area contributed by atoms with Crippen molar-refractivity contribution < 1.29 is 9.53 Å². The van der Waals surface area contributed by atoms with Crippen LogP contribution in [-0.4, -0.2) is 24.4 Å². The Balaban J connectivity index is 2.25. The highest BCUT2D eigenvalue weighted by atomic mass is 32.2. The van der Waals surface area contributed by atoms with Gasteiger partial charge < -0.3 is 4.74 Å². The van der Waals surface area contributed by atoms with Gasteiger partial charge >= 0.3 is 5.97 Å². The summed E-state index contributed by atoms with van der Waals surface area (Å²) in [6, 6.07) is -0.120. The van der Waals surface area contributed by atoms with Gasteiger partial charge in [0.2, 0.25) is 0 Å². The average molecular weight is 160 g/mol. The van der Waals surface area contributed by atoms with Crippen LogP contribution in [-0.2, 0) is 9.53 Å². The Labute approximate surface area is 64.5 Å². The second kappa shape index (κ2) is 3.83. The van der Waals surface area contributed by atoms with E-state index in [4.69, 9.17) is 4.74 Å². The maximum atomic E-state index is 10.9. The summed E-state index contributed by atoms with van der Waals surface area (Å²) < 4.78 is 4.79. The summed E-state index contributed by atoms with van der Waals surface area (Å²) in [5.41, 5.74) is 0. The molecule has 4 heteroatoms. The van der Waals surface area contributed by atoms with Crippen LogP contribution in [0.4, 0.5) is 0 Å². The second-order valence-electron chi connectivity index (χ2n) is 1.92. The first-order valence-electron chi connectivity index (χ1n) is 3.20. The molecule has 0 bridgehead atoms. The predicted molar refractivity (Wildman–Crippen MR) is 40.3 cm³/mol. The van der Waals surface area contributed by atoms with Crippen molar-refractivity contribution in [2.24, 2.45) is 0 Å². The minimum Gasteiger partial charge on any atom is -0.465 e. The largest absolute Gasteiger partial charge is 0.465 e. The van der Waals surface area contributed by atoms with Gasteiger partial charge in [-0.25, -0.2) is 0 Å². The SMILES string of the molecule is CCOC(=O)C1CS[CH]N1. The molecule has 1 atom stereocenters. The van der Waals surface area contributed by atoms with Crippen molar-refractivity contribution in [3.05, 3.63) is 5.88 Å². The quantitative estimate of drug-likeness (QED) is 0.592. The zero-order valence-corrected chi connectivity index (χ0v) is 6.61. The number of thioether (sulfide) groups is 1. The predicted octanol–water partition coefficient (Wildman–Crippen LogP) is 0.374. The van der Waals surface area contributed by atoms with Crippen LogP contribution < -0.4 is 5.32 Å². The Hall–Kier alpha value is -0.220. The lowest BCUT2D eigenvalue weighted by molar-refractivity contribution is -0.144.